The Hall–Kier alpha value is -3.08. The summed E-state index contributed by atoms with van der Waals surface area (Å²) in [4.78, 5) is 16.4. The van der Waals surface area contributed by atoms with Gasteiger partial charge in [0.25, 0.3) is 5.91 Å². The minimum Gasteiger partial charge on any atom is -0.490 e. The van der Waals surface area contributed by atoms with Crippen LogP contribution in [0.3, 0.4) is 0 Å². The molecule has 0 unspecified atom stereocenters. The summed E-state index contributed by atoms with van der Waals surface area (Å²) in [6.45, 7) is 6.45. The van der Waals surface area contributed by atoms with Gasteiger partial charge in [0.05, 0.1) is 12.3 Å². The number of benzene rings is 2. The monoisotopic (exact) mass is 336 g/mol. The number of hydrogen-bond acceptors (Lipinski definition) is 4. The molecule has 2 aromatic carbocycles. The Morgan fingerprint density at radius 2 is 1.96 bits per heavy atom. The molecule has 0 saturated heterocycles. The number of rotatable bonds is 4. The summed E-state index contributed by atoms with van der Waals surface area (Å²) in [6, 6.07) is 13.0. The van der Waals surface area contributed by atoms with E-state index in [0.29, 0.717) is 23.6 Å². The maximum absolute atomic E-state index is 11.9. The van der Waals surface area contributed by atoms with Crippen LogP contribution in [0.5, 0.6) is 5.75 Å². The first-order chi connectivity index (χ1) is 12.0. The van der Waals surface area contributed by atoms with Gasteiger partial charge in [-0.3, -0.25) is 4.79 Å². The average Bonchev–Trinajstić information content (AvgIpc) is 2.58. The van der Waals surface area contributed by atoms with Crippen molar-refractivity contribution in [1.29, 1.82) is 0 Å². The Morgan fingerprint density at radius 1 is 1.16 bits per heavy atom. The number of hydrogen-bond donors (Lipinski definition) is 1. The second-order valence-corrected chi connectivity index (χ2v) is 5.82. The maximum atomic E-state index is 11.9. The van der Waals surface area contributed by atoms with Gasteiger partial charge in [0.2, 0.25) is 5.55 Å². The van der Waals surface area contributed by atoms with Gasteiger partial charge in [-0.05, 0) is 56.2 Å². The van der Waals surface area contributed by atoms with E-state index in [1.165, 1.54) is 5.56 Å². The van der Waals surface area contributed by atoms with Gasteiger partial charge < -0.3 is 14.9 Å². The van der Waals surface area contributed by atoms with Crippen LogP contribution >= 0.6 is 0 Å². The molecule has 0 aliphatic rings. The van der Waals surface area contributed by atoms with Crippen LogP contribution in [0.25, 0.3) is 11.0 Å². The standard InChI is InChI=1S/C20H20N2O3/c1-4-24-17-7-5-6-14-11-16(19(21)23)20(25-18(14)17)22-15-9-8-12(2)13(3)10-15/h5-11H,4H2,1-3H3,(H2,21,23). The van der Waals surface area contributed by atoms with E-state index in [0.717, 1.165) is 10.9 Å². The Kier molecular flexibility index (Phi) is 4.57. The van der Waals surface area contributed by atoms with Crippen molar-refractivity contribution >= 4 is 22.6 Å². The van der Waals surface area contributed by atoms with E-state index in [2.05, 4.69) is 4.99 Å². The molecule has 5 heteroatoms. The van der Waals surface area contributed by atoms with Crippen molar-refractivity contribution in [3.05, 3.63) is 64.7 Å². The highest BCUT2D eigenvalue weighted by Gasteiger charge is 2.12. The molecule has 0 radical (unpaired) electrons. The van der Waals surface area contributed by atoms with Gasteiger partial charge in [-0.1, -0.05) is 18.2 Å². The highest BCUT2D eigenvalue weighted by Crippen LogP contribution is 2.25. The molecule has 0 atom stereocenters. The van der Waals surface area contributed by atoms with Crippen molar-refractivity contribution in [2.24, 2.45) is 10.7 Å². The Balaban J connectivity index is 2.29. The van der Waals surface area contributed by atoms with Crippen LogP contribution in [0.15, 0.2) is 51.9 Å². The van der Waals surface area contributed by atoms with Gasteiger partial charge >= 0.3 is 0 Å². The molecule has 0 aliphatic heterocycles. The number of primary amides is 1. The minimum absolute atomic E-state index is 0.176. The van der Waals surface area contributed by atoms with Gasteiger partial charge in [-0.25, -0.2) is 4.99 Å². The zero-order valence-corrected chi connectivity index (χ0v) is 14.5. The lowest BCUT2D eigenvalue weighted by molar-refractivity contribution is 0.0996. The molecule has 0 saturated carbocycles. The SMILES string of the molecule is CCOc1cccc2cc(C(N)=O)c(=Nc3ccc(C)c(C)c3)oc12. The Morgan fingerprint density at radius 3 is 2.64 bits per heavy atom. The fourth-order valence-corrected chi connectivity index (χ4v) is 2.57. The second kappa shape index (κ2) is 6.81. The summed E-state index contributed by atoms with van der Waals surface area (Å²) in [5.74, 6) is 0.0163. The van der Waals surface area contributed by atoms with Gasteiger partial charge in [-0.15, -0.1) is 0 Å². The molecule has 1 heterocycles. The fourth-order valence-electron chi connectivity index (χ4n) is 2.57. The first kappa shape index (κ1) is 16.8. The topological polar surface area (TPSA) is 77.8 Å². The summed E-state index contributed by atoms with van der Waals surface area (Å²) in [6.07, 6.45) is 0. The average molecular weight is 336 g/mol. The first-order valence-electron chi connectivity index (χ1n) is 8.11. The zero-order valence-electron chi connectivity index (χ0n) is 14.5. The third-order valence-electron chi connectivity index (χ3n) is 4.02. The molecule has 0 aliphatic carbocycles. The molecule has 128 valence electrons. The first-order valence-corrected chi connectivity index (χ1v) is 8.11. The van der Waals surface area contributed by atoms with E-state index in [1.54, 1.807) is 6.07 Å². The third kappa shape index (κ3) is 3.40. The van der Waals surface area contributed by atoms with Crippen LogP contribution in [0.1, 0.15) is 28.4 Å². The molecule has 3 rings (SSSR count). The Labute approximate surface area is 145 Å². The molecule has 5 nitrogen and oxygen atoms in total. The molecule has 1 amide bonds. The van der Waals surface area contributed by atoms with Crippen LogP contribution < -0.4 is 16.0 Å². The molecule has 0 bridgehead atoms. The number of ether oxygens (including phenoxy) is 1. The predicted octanol–water partition coefficient (Wildman–Crippen LogP) is 3.78. The zero-order chi connectivity index (χ0) is 18.0. The Bertz CT molecular complexity index is 1020. The van der Waals surface area contributed by atoms with Gasteiger partial charge in [-0.2, -0.15) is 0 Å². The van der Waals surface area contributed by atoms with E-state index in [-0.39, 0.29) is 11.1 Å². The molecular formula is C20H20N2O3. The summed E-state index contributed by atoms with van der Waals surface area (Å²) in [5, 5.41) is 0.735. The summed E-state index contributed by atoms with van der Waals surface area (Å²) in [5.41, 5.74) is 9.45. The number of nitrogens with two attached hydrogens (primary N) is 1. The van der Waals surface area contributed by atoms with Crippen LogP contribution in [0.2, 0.25) is 0 Å². The van der Waals surface area contributed by atoms with E-state index in [4.69, 9.17) is 14.9 Å². The van der Waals surface area contributed by atoms with Crippen LogP contribution in [-0.2, 0) is 0 Å². The highest BCUT2D eigenvalue weighted by molar-refractivity contribution is 5.96. The predicted molar refractivity (Wildman–Crippen MR) is 97.0 cm³/mol. The number of aryl methyl sites for hydroxylation is 2. The van der Waals surface area contributed by atoms with Crippen LogP contribution in [-0.4, -0.2) is 12.5 Å². The molecule has 0 fully saturated rings. The maximum Gasteiger partial charge on any atom is 0.254 e. The third-order valence-corrected chi connectivity index (χ3v) is 4.02. The van der Waals surface area contributed by atoms with Crippen molar-refractivity contribution in [3.63, 3.8) is 0 Å². The molecule has 25 heavy (non-hydrogen) atoms. The van der Waals surface area contributed by atoms with Gasteiger partial charge in [0.15, 0.2) is 11.3 Å². The van der Waals surface area contributed by atoms with Crippen molar-refractivity contribution in [2.45, 2.75) is 20.8 Å². The number of amides is 1. The van der Waals surface area contributed by atoms with E-state index >= 15 is 0 Å². The van der Waals surface area contributed by atoms with Crippen molar-refractivity contribution in [3.8, 4) is 5.75 Å². The number of carbonyl (C=O) groups is 1. The van der Waals surface area contributed by atoms with E-state index < -0.39 is 5.91 Å². The molecule has 0 spiro atoms. The number of carbonyl (C=O) groups excluding carboxylic acids is 1. The van der Waals surface area contributed by atoms with Crippen LogP contribution in [0.4, 0.5) is 5.69 Å². The number of fused-ring (bicyclic) bond motifs is 1. The molecule has 1 aromatic heterocycles. The van der Waals surface area contributed by atoms with Gasteiger partial charge in [0.1, 0.15) is 5.56 Å². The molecule has 3 aromatic rings. The molecular weight excluding hydrogens is 316 g/mol. The van der Waals surface area contributed by atoms with E-state index in [9.17, 15) is 4.79 Å². The van der Waals surface area contributed by atoms with E-state index in [1.807, 2.05) is 57.2 Å². The van der Waals surface area contributed by atoms with Crippen LogP contribution in [0, 0.1) is 13.8 Å². The minimum atomic E-state index is -0.588. The quantitative estimate of drug-likeness (QED) is 0.787. The highest BCUT2D eigenvalue weighted by atomic mass is 16.5. The number of nitrogens with zero attached hydrogens (tertiary/aromatic N) is 1. The largest absolute Gasteiger partial charge is 0.490 e. The lowest BCUT2D eigenvalue weighted by Crippen LogP contribution is -2.21. The summed E-state index contributed by atoms with van der Waals surface area (Å²) in [7, 11) is 0. The smallest absolute Gasteiger partial charge is 0.254 e. The lowest BCUT2D eigenvalue weighted by Gasteiger charge is -2.08. The van der Waals surface area contributed by atoms with Gasteiger partial charge in [0, 0.05) is 5.39 Å². The number of para-hydroxylation sites is 1. The van der Waals surface area contributed by atoms with Crippen molar-refractivity contribution < 1.29 is 13.9 Å². The lowest BCUT2D eigenvalue weighted by atomic mass is 10.1. The molecule has 2 N–H and O–H groups in total. The van der Waals surface area contributed by atoms with Crippen molar-refractivity contribution in [2.75, 3.05) is 6.61 Å². The summed E-state index contributed by atoms with van der Waals surface area (Å²) >= 11 is 0. The normalized spacial score (nSPS) is 11.7. The fraction of sp³-hybridized carbons (Fsp3) is 0.200. The van der Waals surface area contributed by atoms with Crippen molar-refractivity contribution in [1.82, 2.24) is 0 Å². The second-order valence-electron chi connectivity index (χ2n) is 5.82. The summed E-state index contributed by atoms with van der Waals surface area (Å²) < 4.78 is 11.5.